The summed E-state index contributed by atoms with van der Waals surface area (Å²) in [5.74, 6) is -1.52. The third-order valence-corrected chi connectivity index (χ3v) is 3.13. The Bertz CT molecular complexity index is 541. The normalized spacial score (nSPS) is 11.8. The van der Waals surface area contributed by atoms with E-state index >= 15 is 0 Å². The van der Waals surface area contributed by atoms with Crippen molar-refractivity contribution >= 4 is 27.6 Å². The summed E-state index contributed by atoms with van der Waals surface area (Å²) in [7, 11) is 1.52. The molecule has 0 aliphatic carbocycles. The Morgan fingerprint density at radius 3 is 2.76 bits per heavy atom. The number of esters is 1. The number of benzene rings is 1. The first-order chi connectivity index (χ1) is 9.90. The fourth-order valence-corrected chi connectivity index (χ4v) is 1.79. The van der Waals surface area contributed by atoms with Crippen LogP contribution in [0.5, 0.6) is 5.75 Å². The molecule has 116 valence electrons. The molecule has 0 radical (unpaired) electrons. The quantitative estimate of drug-likeness (QED) is 0.452. The van der Waals surface area contributed by atoms with Gasteiger partial charge in [-0.25, -0.2) is 4.39 Å². The van der Waals surface area contributed by atoms with E-state index in [1.54, 1.807) is 6.92 Å². The molecule has 1 aromatic rings. The summed E-state index contributed by atoms with van der Waals surface area (Å²) >= 11 is 2.86. The van der Waals surface area contributed by atoms with Gasteiger partial charge in [-0.05, 0) is 29.9 Å². The lowest BCUT2D eigenvalue weighted by Crippen LogP contribution is -2.40. The molecule has 1 N–H and O–H groups in total. The van der Waals surface area contributed by atoms with E-state index in [1.165, 1.54) is 7.05 Å². The number of hydrogen-bond donors (Lipinski definition) is 1. The second kappa shape index (κ2) is 7.89. The predicted octanol–water partition coefficient (Wildman–Crippen LogP) is 2.03. The zero-order valence-electron chi connectivity index (χ0n) is 11.4. The van der Waals surface area contributed by atoms with Gasteiger partial charge in [-0.3, -0.25) is 14.9 Å². The van der Waals surface area contributed by atoms with Gasteiger partial charge in [-0.2, -0.15) is 0 Å². The van der Waals surface area contributed by atoms with Gasteiger partial charge >= 0.3 is 11.7 Å². The predicted molar refractivity (Wildman–Crippen MR) is 75.7 cm³/mol. The molecule has 0 saturated heterocycles. The van der Waals surface area contributed by atoms with Gasteiger partial charge in [0.05, 0.1) is 16.0 Å². The molecule has 0 fully saturated rings. The molecule has 0 bridgehead atoms. The van der Waals surface area contributed by atoms with E-state index in [9.17, 15) is 19.3 Å². The lowest BCUT2D eigenvalue weighted by atomic mass is 10.2. The van der Waals surface area contributed by atoms with Crippen molar-refractivity contribution in [1.29, 1.82) is 0 Å². The maximum absolute atomic E-state index is 13.5. The molecule has 0 aliphatic rings. The van der Waals surface area contributed by atoms with Crippen LogP contribution < -0.4 is 10.1 Å². The highest BCUT2D eigenvalue weighted by Crippen LogP contribution is 2.32. The van der Waals surface area contributed by atoms with Crippen LogP contribution in [-0.4, -0.2) is 37.2 Å². The van der Waals surface area contributed by atoms with E-state index in [0.29, 0.717) is 0 Å². The van der Waals surface area contributed by atoms with E-state index in [2.05, 4.69) is 21.2 Å². The maximum Gasteiger partial charge on any atom is 0.326 e. The second-order valence-corrected chi connectivity index (χ2v) is 4.75. The summed E-state index contributed by atoms with van der Waals surface area (Å²) < 4.78 is 23.4. The molecule has 0 heterocycles. The van der Waals surface area contributed by atoms with Crippen LogP contribution in [0.2, 0.25) is 0 Å². The Morgan fingerprint density at radius 1 is 1.57 bits per heavy atom. The standard InChI is InChI=1S/C12H14BrFN2O5/c1-3-20-12(17)9(15-2)6-21-11-5-8(14)7(13)4-10(11)16(18)19/h4-5,9,15H,3,6H2,1-2H3. The van der Waals surface area contributed by atoms with Gasteiger partial charge < -0.3 is 14.8 Å². The number of nitrogens with zero attached hydrogens (tertiary/aromatic N) is 1. The number of rotatable bonds is 7. The third kappa shape index (κ3) is 4.64. The zero-order chi connectivity index (χ0) is 16.0. The summed E-state index contributed by atoms with van der Waals surface area (Å²) in [5, 5.41) is 13.6. The first-order valence-electron chi connectivity index (χ1n) is 6.00. The minimum Gasteiger partial charge on any atom is -0.484 e. The number of ether oxygens (including phenoxy) is 2. The average molecular weight is 365 g/mol. The number of nitro groups is 1. The molecule has 0 saturated carbocycles. The molecule has 0 aliphatic heterocycles. The van der Waals surface area contributed by atoms with Crippen molar-refractivity contribution in [2.45, 2.75) is 13.0 Å². The Kier molecular flexibility index (Phi) is 6.50. The zero-order valence-corrected chi connectivity index (χ0v) is 13.0. The highest BCUT2D eigenvalue weighted by molar-refractivity contribution is 9.10. The molecule has 0 spiro atoms. The number of carbonyl (C=O) groups excluding carboxylic acids is 1. The van der Waals surface area contributed by atoms with Gasteiger partial charge in [0.1, 0.15) is 18.5 Å². The smallest absolute Gasteiger partial charge is 0.326 e. The van der Waals surface area contributed by atoms with Gasteiger partial charge in [0.2, 0.25) is 0 Å². The van der Waals surface area contributed by atoms with Crippen LogP contribution in [-0.2, 0) is 9.53 Å². The minimum absolute atomic E-state index is 0.0443. The molecule has 1 unspecified atom stereocenters. The van der Waals surface area contributed by atoms with Crippen molar-refractivity contribution in [2.75, 3.05) is 20.3 Å². The van der Waals surface area contributed by atoms with Crippen LogP contribution in [0.15, 0.2) is 16.6 Å². The van der Waals surface area contributed by atoms with Crippen molar-refractivity contribution in [2.24, 2.45) is 0 Å². The molecule has 1 atom stereocenters. The number of hydrogen-bond acceptors (Lipinski definition) is 6. The van der Waals surface area contributed by atoms with E-state index in [-0.39, 0.29) is 23.4 Å². The maximum atomic E-state index is 13.5. The number of carbonyl (C=O) groups is 1. The fourth-order valence-electron chi connectivity index (χ4n) is 1.46. The third-order valence-electron chi connectivity index (χ3n) is 2.52. The summed E-state index contributed by atoms with van der Waals surface area (Å²) in [6.45, 7) is 1.63. The molecule has 0 aromatic heterocycles. The van der Waals surface area contributed by atoms with Gasteiger partial charge in [0.25, 0.3) is 0 Å². The largest absolute Gasteiger partial charge is 0.484 e. The summed E-state index contributed by atoms with van der Waals surface area (Å²) in [6, 6.07) is 1.08. The van der Waals surface area contributed by atoms with Crippen LogP contribution in [0.1, 0.15) is 6.92 Å². The summed E-state index contributed by atoms with van der Waals surface area (Å²) in [6.07, 6.45) is 0. The minimum atomic E-state index is -0.809. The van der Waals surface area contributed by atoms with E-state index in [4.69, 9.17) is 9.47 Å². The molecule has 0 amide bonds. The Labute approximate surface area is 128 Å². The first-order valence-corrected chi connectivity index (χ1v) is 6.80. The van der Waals surface area contributed by atoms with E-state index in [1.807, 2.05) is 0 Å². The Balaban J connectivity index is 2.89. The number of likely N-dealkylation sites (N-methyl/N-ethyl adjacent to an activating group) is 1. The number of nitro benzene ring substituents is 1. The van der Waals surface area contributed by atoms with Gasteiger partial charge in [-0.15, -0.1) is 0 Å². The van der Waals surface area contributed by atoms with E-state index in [0.717, 1.165) is 12.1 Å². The average Bonchev–Trinajstić information content (AvgIpc) is 2.43. The van der Waals surface area contributed by atoms with Crippen LogP contribution in [0.25, 0.3) is 0 Å². The van der Waals surface area contributed by atoms with Crippen molar-refractivity contribution in [3.63, 3.8) is 0 Å². The molecule has 7 nitrogen and oxygen atoms in total. The van der Waals surface area contributed by atoms with Crippen LogP contribution in [0, 0.1) is 15.9 Å². The lowest BCUT2D eigenvalue weighted by Gasteiger charge is -2.15. The number of nitrogens with one attached hydrogen (secondary N) is 1. The topological polar surface area (TPSA) is 90.7 Å². The Hall–Kier alpha value is -1.74. The molecule has 1 rings (SSSR count). The van der Waals surface area contributed by atoms with Gasteiger partial charge in [0.15, 0.2) is 5.75 Å². The van der Waals surface area contributed by atoms with Crippen LogP contribution >= 0.6 is 15.9 Å². The second-order valence-electron chi connectivity index (χ2n) is 3.90. The van der Waals surface area contributed by atoms with Crippen LogP contribution in [0.4, 0.5) is 10.1 Å². The monoisotopic (exact) mass is 364 g/mol. The Morgan fingerprint density at radius 2 is 2.24 bits per heavy atom. The van der Waals surface area contributed by atoms with Crippen molar-refractivity contribution in [3.05, 3.63) is 32.5 Å². The highest BCUT2D eigenvalue weighted by atomic mass is 79.9. The molecule has 1 aromatic carbocycles. The molecular weight excluding hydrogens is 351 g/mol. The first kappa shape index (κ1) is 17.3. The molecule has 9 heteroatoms. The van der Waals surface area contributed by atoms with Crippen molar-refractivity contribution < 1.29 is 23.6 Å². The van der Waals surface area contributed by atoms with Crippen molar-refractivity contribution in [1.82, 2.24) is 5.32 Å². The molecular formula is C12H14BrFN2O5. The number of halogens is 2. The summed E-state index contributed by atoms with van der Waals surface area (Å²) in [4.78, 5) is 21.8. The SMILES string of the molecule is CCOC(=O)C(COc1cc(F)c(Br)cc1[N+](=O)[O-])NC. The van der Waals surface area contributed by atoms with Crippen molar-refractivity contribution in [3.8, 4) is 5.75 Å². The van der Waals surface area contributed by atoms with E-state index < -0.39 is 28.4 Å². The highest BCUT2D eigenvalue weighted by Gasteiger charge is 2.23. The van der Waals surface area contributed by atoms with Gasteiger partial charge in [0, 0.05) is 12.1 Å². The lowest BCUT2D eigenvalue weighted by molar-refractivity contribution is -0.386. The summed E-state index contributed by atoms with van der Waals surface area (Å²) in [5.41, 5.74) is -0.401. The fraction of sp³-hybridized carbons (Fsp3) is 0.417. The molecule has 21 heavy (non-hydrogen) atoms. The van der Waals surface area contributed by atoms with Gasteiger partial charge in [-0.1, -0.05) is 0 Å². The van der Waals surface area contributed by atoms with Crippen LogP contribution in [0.3, 0.4) is 0 Å².